The molecule has 2 aliphatic heterocycles. The SMILES string of the molecule is C[C@H](O)[C@@H](NC(=O)[C@H]1N2C(=O)c3ccccc3[C@H]2SC1(C)C)C(=O)O. The number of hydrogen-bond acceptors (Lipinski definition) is 5. The molecule has 0 aromatic heterocycles. The second-order valence-corrected chi connectivity index (χ2v) is 8.58. The third-order valence-corrected chi connectivity index (χ3v) is 6.13. The third-order valence-electron chi connectivity index (χ3n) is 4.59. The van der Waals surface area contributed by atoms with E-state index in [1.54, 1.807) is 12.1 Å². The fraction of sp³-hybridized carbons (Fsp3) is 0.471. The molecule has 3 N–H and O–H groups in total. The summed E-state index contributed by atoms with van der Waals surface area (Å²) in [5.74, 6) is -2.13. The van der Waals surface area contributed by atoms with E-state index in [9.17, 15) is 24.6 Å². The first-order chi connectivity index (χ1) is 11.6. The number of rotatable bonds is 4. The number of benzene rings is 1. The molecule has 0 unspecified atom stereocenters. The van der Waals surface area contributed by atoms with Gasteiger partial charge in [0, 0.05) is 10.3 Å². The molecule has 3 rings (SSSR count). The maximum atomic E-state index is 12.8. The highest BCUT2D eigenvalue weighted by Crippen LogP contribution is 2.56. The van der Waals surface area contributed by atoms with Crippen LogP contribution in [0.5, 0.6) is 0 Å². The Morgan fingerprint density at radius 1 is 1.32 bits per heavy atom. The van der Waals surface area contributed by atoms with Crippen molar-refractivity contribution in [2.75, 3.05) is 0 Å². The average Bonchev–Trinajstić information content (AvgIpc) is 2.95. The van der Waals surface area contributed by atoms with Crippen molar-refractivity contribution in [1.82, 2.24) is 10.2 Å². The van der Waals surface area contributed by atoms with Crippen LogP contribution in [0.2, 0.25) is 0 Å². The Balaban J connectivity index is 1.93. The van der Waals surface area contributed by atoms with Crippen molar-refractivity contribution in [2.45, 2.75) is 49.1 Å². The van der Waals surface area contributed by atoms with Gasteiger partial charge in [0.1, 0.15) is 11.4 Å². The number of hydrogen-bond donors (Lipinski definition) is 3. The van der Waals surface area contributed by atoms with Gasteiger partial charge in [0.05, 0.1) is 6.10 Å². The lowest BCUT2D eigenvalue weighted by atomic mass is 10.00. The number of aliphatic hydroxyl groups is 1. The minimum Gasteiger partial charge on any atom is -0.480 e. The van der Waals surface area contributed by atoms with Crippen molar-refractivity contribution in [3.05, 3.63) is 35.4 Å². The van der Waals surface area contributed by atoms with Gasteiger partial charge in [0.15, 0.2) is 6.04 Å². The maximum absolute atomic E-state index is 12.8. The lowest BCUT2D eigenvalue weighted by molar-refractivity contribution is -0.145. The van der Waals surface area contributed by atoms with Crippen molar-refractivity contribution >= 4 is 29.5 Å². The Morgan fingerprint density at radius 2 is 1.96 bits per heavy atom. The van der Waals surface area contributed by atoms with E-state index < -0.39 is 34.8 Å². The van der Waals surface area contributed by atoms with Crippen LogP contribution in [0.25, 0.3) is 0 Å². The molecule has 1 aromatic rings. The Kier molecular flexibility index (Phi) is 4.28. The van der Waals surface area contributed by atoms with Crippen molar-refractivity contribution in [2.24, 2.45) is 0 Å². The first-order valence-electron chi connectivity index (χ1n) is 7.96. The first kappa shape index (κ1) is 17.8. The van der Waals surface area contributed by atoms with Crippen LogP contribution in [-0.4, -0.2) is 55.8 Å². The van der Waals surface area contributed by atoms with E-state index in [4.69, 9.17) is 0 Å². The van der Waals surface area contributed by atoms with Crippen LogP contribution >= 0.6 is 11.8 Å². The van der Waals surface area contributed by atoms with Gasteiger partial charge in [-0.05, 0) is 32.4 Å². The van der Waals surface area contributed by atoms with E-state index in [0.29, 0.717) is 5.56 Å². The fourth-order valence-electron chi connectivity index (χ4n) is 3.43. The molecule has 1 saturated heterocycles. The van der Waals surface area contributed by atoms with Crippen molar-refractivity contribution in [1.29, 1.82) is 0 Å². The van der Waals surface area contributed by atoms with Crippen LogP contribution in [0.4, 0.5) is 0 Å². The van der Waals surface area contributed by atoms with Crippen LogP contribution in [0.15, 0.2) is 24.3 Å². The molecule has 25 heavy (non-hydrogen) atoms. The topological polar surface area (TPSA) is 107 Å². The Bertz CT molecular complexity index is 748. The molecule has 0 aliphatic carbocycles. The number of aliphatic carboxylic acids is 1. The van der Waals surface area contributed by atoms with E-state index in [1.165, 1.54) is 23.6 Å². The largest absolute Gasteiger partial charge is 0.480 e. The summed E-state index contributed by atoms with van der Waals surface area (Å²) >= 11 is 1.50. The average molecular weight is 364 g/mol. The molecule has 2 amide bonds. The molecule has 4 atom stereocenters. The molecule has 2 heterocycles. The normalized spacial score (nSPS) is 25.9. The molecule has 8 heteroatoms. The highest BCUT2D eigenvalue weighted by Gasteiger charge is 2.57. The number of nitrogens with zero attached hydrogens (tertiary/aromatic N) is 1. The fourth-order valence-corrected chi connectivity index (χ4v) is 5.01. The predicted molar refractivity (Wildman–Crippen MR) is 92.1 cm³/mol. The number of amides is 2. The standard InChI is InChI=1S/C17H20N2O5S/c1-8(20)11(16(23)24)18-13(21)12-17(2,3)25-15-10-7-5-4-6-9(10)14(22)19(12)15/h4-8,11-12,15,20H,1-3H3,(H,18,21)(H,23,24)/t8-,11+,12+,15+/m0/s1. The highest BCUT2D eigenvalue weighted by atomic mass is 32.2. The summed E-state index contributed by atoms with van der Waals surface area (Å²) in [6, 6.07) is 4.98. The lowest BCUT2D eigenvalue weighted by Gasteiger charge is -2.31. The third kappa shape index (κ3) is 2.79. The number of fused-ring (bicyclic) bond motifs is 3. The molecule has 0 radical (unpaired) electrons. The van der Waals surface area contributed by atoms with E-state index in [1.807, 2.05) is 26.0 Å². The minimum absolute atomic E-state index is 0.234. The predicted octanol–water partition coefficient (Wildman–Crippen LogP) is 0.985. The molecule has 2 aliphatic rings. The Morgan fingerprint density at radius 3 is 2.56 bits per heavy atom. The van der Waals surface area contributed by atoms with Gasteiger partial charge >= 0.3 is 5.97 Å². The van der Waals surface area contributed by atoms with Gasteiger partial charge in [0.2, 0.25) is 5.91 Å². The molecular weight excluding hydrogens is 344 g/mol. The molecule has 134 valence electrons. The number of carboxylic acids is 1. The van der Waals surface area contributed by atoms with Gasteiger partial charge in [0.25, 0.3) is 5.91 Å². The van der Waals surface area contributed by atoms with Gasteiger partial charge in [-0.2, -0.15) is 0 Å². The van der Waals surface area contributed by atoms with Gasteiger partial charge in [-0.25, -0.2) is 4.79 Å². The minimum atomic E-state index is -1.42. The van der Waals surface area contributed by atoms with Crippen molar-refractivity contribution in [3.63, 3.8) is 0 Å². The maximum Gasteiger partial charge on any atom is 0.328 e. The van der Waals surface area contributed by atoms with Crippen molar-refractivity contribution < 1.29 is 24.6 Å². The monoisotopic (exact) mass is 364 g/mol. The van der Waals surface area contributed by atoms with Crippen LogP contribution in [0.3, 0.4) is 0 Å². The molecule has 0 saturated carbocycles. The summed E-state index contributed by atoms with van der Waals surface area (Å²) in [4.78, 5) is 38.4. The lowest BCUT2D eigenvalue weighted by Crippen LogP contribution is -2.57. The number of carboxylic acid groups (broad SMARTS) is 1. The summed E-state index contributed by atoms with van der Waals surface area (Å²) in [6.07, 6.45) is -1.25. The molecule has 1 fully saturated rings. The molecule has 0 bridgehead atoms. The van der Waals surface area contributed by atoms with Crippen LogP contribution in [0, 0.1) is 0 Å². The number of carbonyl (C=O) groups is 3. The van der Waals surface area contributed by atoms with E-state index in [-0.39, 0.29) is 11.3 Å². The van der Waals surface area contributed by atoms with Gasteiger partial charge < -0.3 is 20.4 Å². The summed E-state index contributed by atoms with van der Waals surface area (Å²) in [6.45, 7) is 5.01. The molecule has 0 spiro atoms. The highest BCUT2D eigenvalue weighted by molar-refractivity contribution is 8.01. The zero-order valence-corrected chi connectivity index (χ0v) is 14.9. The molecular formula is C17H20N2O5S. The Labute approximate surface area is 149 Å². The van der Waals surface area contributed by atoms with Gasteiger partial charge in [-0.1, -0.05) is 18.2 Å². The van der Waals surface area contributed by atoms with Crippen LogP contribution in [-0.2, 0) is 9.59 Å². The number of thioether (sulfide) groups is 1. The van der Waals surface area contributed by atoms with E-state index in [2.05, 4.69) is 5.32 Å². The van der Waals surface area contributed by atoms with Gasteiger partial charge in [-0.3, -0.25) is 9.59 Å². The summed E-state index contributed by atoms with van der Waals surface area (Å²) in [7, 11) is 0. The molecule has 1 aromatic carbocycles. The second-order valence-electron chi connectivity index (χ2n) is 6.84. The van der Waals surface area contributed by atoms with Crippen molar-refractivity contribution in [3.8, 4) is 0 Å². The smallest absolute Gasteiger partial charge is 0.328 e. The summed E-state index contributed by atoms with van der Waals surface area (Å²) in [5, 5.41) is 20.9. The Hall–Kier alpha value is -2.06. The summed E-state index contributed by atoms with van der Waals surface area (Å²) in [5.41, 5.74) is 1.43. The van der Waals surface area contributed by atoms with Crippen LogP contribution < -0.4 is 5.32 Å². The second kappa shape index (κ2) is 6.03. The summed E-state index contributed by atoms with van der Waals surface area (Å²) < 4.78 is -0.598. The number of nitrogens with one attached hydrogen (secondary N) is 1. The zero-order valence-electron chi connectivity index (χ0n) is 14.1. The number of carbonyl (C=O) groups excluding carboxylic acids is 2. The zero-order chi connectivity index (χ0) is 18.5. The number of aliphatic hydroxyl groups excluding tert-OH is 1. The van der Waals surface area contributed by atoms with Crippen LogP contribution in [0.1, 0.15) is 42.1 Å². The van der Waals surface area contributed by atoms with E-state index in [0.717, 1.165) is 5.56 Å². The van der Waals surface area contributed by atoms with Gasteiger partial charge in [-0.15, -0.1) is 11.8 Å². The quantitative estimate of drug-likeness (QED) is 0.735. The molecule has 7 nitrogen and oxygen atoms in total. The van der Waals surface area contributed by atoms with E-state index >= 15 is 0 Å². The first-order valence-corrected chi connectivity index (χ1v) is 8.84.